The summed E-state index contributed by atoms with van der Waals surface area (Å²) >= 11 is 1.59. The fourth-order valence-electron chi connectivity index (χ4n) is 4.44. The van der Waals surface area contributed by atoms with E-state index in [0.717, 1.165) is 11.3 Å². The molecule has 3 N–H and O–H groups in total. The second kappa shape index (κ2) is 13.7. The van der Waals surface area contributed by atoms with Gasteiger partial charge in [0.25, 0.3) is 5.91 Å². The summed E-state index contributed by atoms with van der Waals surface area (Å²) in [6.45, 7) is 6.04. The number of β-amino-alcohol motifs (C(OH)–C–C–N with tert-alkyl or cyclic N) is 1. The Hall–Kier alpha value is -3.24. The van der Waals surface area contributed by atoms with Gasteiger partial charge in [0.1, 0.15) is 11.6 Å². The Balaban J connectivity index is 1.82. The molecule has 2 aromatic carbocycles. The highest BCUT2D eigenvalue weighted by molar-refractivity contribution is 7.98. The predicted molar refractivity (Wildman–Crippen MR) is 154 cm³/mol. The monoisotopic (exact) mass is 557 g/mol. The lowest BCUT2D eigenvalue weighted by molar-refractivity contribution is -0.142. The van der Waals surface area contributed by atoms with Crippen molar-refractivity contribution in [2.45, 2.75) is 57.4 Å². The summed E-state index contributed by atoms with van der Waals surface area (Å²) < 4.78 is 10.4. The van der Waals surface area contributed by atoms with Gasteiger partial charge >= 0.3 is 12.1 Å². The third-order valence-corrected chi connectivity index (χ3v) is 6.96. The molecule has 1 saturated heterocycles. The zero-order chi connectivity index (χ0) is 28.6. The van der Waals surface area contributed by atoms with Crippen molar-refractivity contribution in [3.63, 3.8) is 0 Å². The molecule has 0 radical (unpaired) electrons. The number of nitrogens with one attached hydrogen (secondary N) is 2. The second-order valence-corrected chi connectivity index (χ2v) is 11.5. The van der Waals surface area contributed by atoms with Crippen molar-refractivity contribution >= 4 is 35.4 Å². The minimum Gasteiger partial charge on any atom is -0.467 e. The molecule has 1 heterocycles. The highest BCUT2D eigenvalue weighted by atomic mass is 32.2. The number of carbonyl (C=O) groups is 3. The van der Waals surface area contributed by atoms with Crippen LogP contribution in [0.15, 0.2) is 48.5 Å². The van der Waals surface area contributed by atoms with Crippen molar-refractivity contribution < 1.29 is 29.0 Å². The van der Waals surface area contributed by atoms with Crippen LogP contribution in [0.25, 0.3) is 11.1 Å². The molecule has 3 rings (SSSR count). The van der Waals surface area contributed by atoms with Gasteiger partial charge in [-0.1, -0.05) is 30.3 Å². The van der Waals surface area contributed by atoms with Crippen LogP contribution in [0, 0.1) is 0 Å². The molecule has 212 valence electrons. The van der Waals surface area contributed by atoms with Crippen LogP contribution in [0.5, 0.6) is 0 Å². The molecule has 2 aromatic rings. The van der Waals surface area contributed by atoms with Crippen molar-refractivity contribution in [2.75, 3.05) is 37.5 Å². The number of carbonyl (C=O) groups excluding carboxylic acids is 3. The average molecular weight is 558 g/mol. The number of nitrogens with zero attached hydrogens (tertiary/aromatic N) is 1. The van der Waals surface area contributed by atoms with Gasteiger partial charge in [0.15, 0.2) is 0 Å². The topological polar surface area (TPSA) is 117 Å². The fourth-order valence-corrected chi connectivity index (χ4v) is 4.91. The molecule has 1 unspecified atom stereocenters. The van der Waals surface area contributed by atoms with Gasteiger partial charge < -0.3 is 30.1 Å². The van der Waals surface area contributed by atoms with Gasteiger partial charge in [-0.15, -0.1) is 0 Å². The van der Waals surface area contributed by atoms with Crippen LogP contribution >= 0.6 is 11.8 Å². The van der Waals surface area contributed by atoms with Crippen LogP contribution < -0.4 is 10.6 Å². The number of methoxy groups -OCH3 is 1. The SMILES string of the molecule is COC(=O)C(CCSC)NC(=O)c1ccc(NC[C@@H]2C[C@@H](O)CN2C(=O)OC(C)(C)C)cc1-c1ccccc1. The van der Waals surface area contributed by atoms with E-state index in [1.165, 1.54) is 7.11 Å². The van der Waals surface area contributed by atoms with Crippen molar-refractivity contribution in [2.24, 2.45) is 0 Å². The average Bonchev–Trinajstić information content (AvgIpc) is 3.29. The van der Waals surface area contributed by atoms with E-state index in [1.807, 2.05) is 63.4 Å². The van der Waals surface area contributed by atoms with Gasteiger partial charge in [0, 0.05) is 17.8 Å². The lowest BCUT2D eigenvalue weighted by Crippen LogP contribution is -2.42. The van der Waals surface area contributed by atoms with Gasteiger partial charge in [0.05, 0.1) is 25.8 Å². The molecule has 0 aromatic heterocycles. The van der Waals surface area contributed by atoms with Crippen LogP contribution in [-0.2, 0) is 14.3 Å². The molecule has 1 aliphatic rings. The number of benzene rings is 2. The van der Waals surface area contributed by atoms with Crippen LogP contribution in [0.2, 0.25) is 0 Å². The van der Waals surface area contributed by atoms with E-state index >= 15 is 0 Å². The standard InChI is InChI=1S/C29H39N3O6S/c1-29(2,3)38-28(36)32-18-22(33)16-21(32)17-30-20-11-12-23(24(15-20)19-9-7-6-8-10-19)26(34)31-25(13-14-39-5)27(35)37-4/h6-12,15,21-22,25,30,33H,13-14,16-18H2,1-5H3,(H,31,34)/t21-,22+,25?/m0/s1. The number of anilines is 1. The fraction of sp³-hybridized carbons (Fsp3) is 0.483. The summed E-state index contributed by atoms with van der Waals surface area (Å²) in [7, 11) is 1.31. The Morgan fingerprint density at radius 2 is 1.87 bits per heavy atom. The maximum Gasteiger partial charge on any atom is 0.410 e. The van der Waals surface area contributed by atoms with E-state index in [2.05, 4.69) is 10.6 Å². The smallest absolute Gasteiger partial charge is 0.410 e. The normalized spacial score (nSPS) is 17.8. The van der Waals surface area contributed by atoms with Gasteiger partial charge in [-0.25, -0.2) is 9.59 Å². The first-order valence-electron chi connectivity index (χ1n) is 13.0. The number of amides is 2. The van der Waals surface area contributed by atoms with Crippen molar-refractivity contribution in [3.05, 3.63) is 54.1 Å². The Labute approximate surface area is 234 Å². The molecule has 0 bridgehead atoms. The summed E-state index contributed by atoms with van der Waals surface area (Å²) in [6, 6.07) is 13.9. The quantitative estimate of drug-likeness (QED) is 0.373. The summed E-state index contributed by atoms with van der Waals surface area (Å²) in [6.07, 6.45) is 1.76. The van der Waals surface area contributed by atoms with Crippen LogP contribution in [0.4, 0.5) is 10.5 Å². The molecule has 0 spiro atoms. The van der Waals surface area contributed by atoms with Gasteiger partial charge in [-0.3, -0.25) is 4.79 Å². The Bertz CT molecular complexity index is 1140. The van der Waals surface area contributed by atoms with Crippen molar-refractivity contribution in [1.82, 2.24) is 10.2 Å². The summed E-state index contributed by atoms with van der Waals surface area (Å²) in [5.41, 5.74) is 2.09. The lowest BCUT2D eigenvalue weighted by atomic mass is 9.98. The molecular weight excluding hydrogens is 518 g/mol. The minimum atomic E-state index is -0.746. The number of hydrogen-bond donors (Lipinski definition) is 3. The van der Waals surface area contributed by atoms with E-state index < -0.39 is 29.8 Å². The predicted octanol–water partition coefficient (Wildman–Crippen LogP) is 4.16. The van der Waals surface area contributed by atoms with Crippen LogP contribution in [0.3, 0.4) is 0 Å². The first-order valence-corrected chi connectivity index (χ1v) is 14.4. The summed E-state index contributed by atoms with van der Waals surface area (Å²) in [4.78, 5) is 39.9. The number of esters is 1. The zero-order valence-electron chi connectivity index (χ0n) is 23.2. The summed E-state index contributed by atoms with van der Waals surface area (Å²) in [5.74, 6) is -0.151. The third-order valence-electron chi connectivity index (χ3n) is 6.31. The van der Waals surface area contributed by atoms with E-state index in [9.17, 15) is 19.5 Å². The Morgan fingerprint density at radius 1 is 1.15 bits per heavy atom. The molecule has 1 fully saturated rings. The molecule has 39 heavy (non-hydrogen) atoms. The number of ether oxygens (including phenoxy) is 2. The maximum absolute atomic E-state index is 13.3. The van der Waals surface area contributed by atoms with E-state index in [-0.39, 0.29) is 18.5 Å². The van der Waals surface area contributed by atoms with Crippen LogP contribution in [0.1, 0.15) is 44.0 Å². The van der Waals surface area contributed by atoms with E-state index in [1.54, 1.807) is 28.8 Å². The highest BCUT2D eigenvalue weighted by Crippen LogP contribution is 2.28. The Kier molecular flexibility index (Phi) is 10.7. The molecule has 0 aliphatic carbocycles. The number of likely N-dealkylation sites (tertiary alicyclic amines) is 1. The minimum absolute atomic E-state index is 0.216. The number of hydrogen-bond acceptors (Lipinski definition) is 8. The molecule has 0 saturated carbocycles. The molecule has 3 atom stereocenters. The van der Waals surface area contributed by atoms with Crippen molar-refractivity contribution in [3.8, 4) is 11.1 Å². The molecular formula is C29H39N3O6S. The van der Waals surface area contributed by atoms with E-state index in [4.69, 9.17) is 9.47 Å². The maximum atomic E-state index is 13.3. The summed E-state index contributed by atoms with van der Waals surface area (Å²) in [5, 5.41) is 16.4. The number of rotatable bonds is 10. The first kappa shape index (κ1) is 30.3. The number of thioether (sulfide) groups is 1. The number of aliphatic hydroxyl groups excluding tert-OH is 1. The van der Waals surface area contributed by atoms with Crippen LogP contribution in [-0.4, -0.2) is 84.0 Å². The lowest BCUT2D eigenvalue weighted by Gasteiger charge is -2.28. The highest BCUT2D eigenvalue weighted by Gasteiger charge is 2.36. The second-order valence-electron chi connectivity index (χ2n) is 10.5. The Morgan fingerprint density at radius 3 is 2.51 bits per heavy atom. The van der Waals surface area contributed by atoms with Gasteiger partial charge in [-0.2, -0.15) is 11.8 Å². The largest absolute Gasteiger partial charge is 0.467 e. The molecule has 2 amide bonds. The number of aliphatic hydroxyl groups is 1. The van der Waals surface area contributed by atoms with E-state index in [0.29, 0.717) is 36.3 Å². The first-order chi connectivity index (χ1) is 18.5. The zero-order valence-corrected chi connectivity index (χ0v) is 24.0. The molecule has 10 heteroatoms. The third kappa shape index (κ3) is 8.63. The van der Waals surface area contributed by atoms with Gasteiger partial charge in [0.2, 0.25) is 0 Å². The van der Waals surface area contributed by atoms with Gasteiger partial charge in [-0.05, 0) is 74.9 Å². The molecule has 1 aliphatic heterocycles. The molecule has 9 nitrogen and oxygen atoms in total. The van der Waals surface area contributed by atoms with Crippen molar-refractivity contribution in [1.29, 1.82) is 0 Å².